The van der Waals surface area contributed by atoms with Crippen molar-refractivity contribution in [1.82, 2.24) is 20.2 Å². The number of piperidine rings is 1. The van der Waals surface area contributed by atoms with E-state index in [0.717, 1.165) is 54.3 Å². The van der Waals surface area contributed by atoms with Crippen LogP contribution in [0.5, 0.6) is 0 Å². The molecule has 5 heteroatoms. The van der Waals surface area contributed by atoms with Gasteiger partial charge in [-0.1, -0.05) is 24.3 Å². The Morgan fingerprint density at radius 1 is 0.839 bits per heavy atom. The molecule has 0 amide bonds. The lowest BCUT2D eigenvalue weighted by atomic mass is 9.90. The third-order valence-corrected chi connectivity index (χ3v) is 6.91. The molecule has 4 aromatic rings. The second-order valence-electron chi connectivity index (χ2n) is 8.87. The molecule has 1 N–H and O–H groups in total. The minimum absolute atomic E-state index is 0.478. The topological polar surface area (TPSA) is 57.7 Å². The van der Waals surface area contributed by atoms with Gasteiger partial charge in [0.15, 0.2) is 5.82 Å². The van der Waals surface area contributed by atoms with E-state index in [-0.39, 0.29) is 0 Å². The molecule has 5 nitrogen and oxygen atoms in total. The predicted molar refractivity (Wildman–Crippen MR) is 124 cm³/mol. The average Bonchev–Trinajstić information content (AvgIpc) is 3.28. The predicted octanol–water partition coefficient (Wildman–Crippen LogP) is 5.28. The van der Waals surface area contributed by atoms with Gasteiger partial charge in [0.1, 0.15) is 5.82 Å². The largest absolute Gasteiger partial charge is 0.355 e. The molecule has 0 atom stereocenters. The lowest BCUT2D eigenvalue weighted by Gasteiger charge is -2.31. The Labute approximate surface area is 182 Å². The Hall–Kier alpha value is -3.21. The highest BCUT2D eigenvalue weighted by Crippen LogP contribution is 2.30. The molecule has 2 aromatic heterocycles. The highest BCUT2D eigenvalue weighted by atomic mass is 15.3. The van der Waals surface area contributed by atoms with Crippen LogP contribution >= 0.6 is 0 Å². The first-order chi connectivity index (χ1) is 15.3. The molecule has 3 heterocycles. The minimum Gasteiger partial charge on any atom is -0.355 e. The standard InChI is InChI=1S/C26H27N5/c1-2-6-20-17-21(10-9-18(20)5-1)22-11-12-25(30-29-22)31-15-13-19(14-16-31)26-27-23-7-3-4-8-24(23)28-26/h3-4,7-12,17,19H,1-2,5-6,13-16H2,(H,27,28). The molecular formula is C26H27N5. The summed E-state index contributed by atoms with van der Waals surface area (Å²) in [5, 5.41) is 9.14. The van der Waals surface area contributed by atoms with Crippen LogP contribution in [0, 0.1) is 0 Å². The third-order valence-electron chi connectivity index (χ3n) is 6.91. The van der Waals surface area contributed by atoms with Gasteiger partial charge in [0.25, 0.3) is 0 Å². The summed E-state index contributed by atoms with van der Waals surface area (Å²) in [7, 11) is 0. The van der Waals surface area contributed by atoms with E-state index in [1.807, 2.05) is 6.07 Å². The maximum Gasteiger partial charge on any atom is 0.151 e. The summed E-state index contributed by atoms with van der Waals surface area (Å²) in [5.41, 5.74) is 7.33. The van der Waals surface area contributed by atoms with Gasteiger partial charge in [0, 0.05) is 24.6 Å². The Kier molecular flexibility index (Phi) is 4.67. The number of aryl methyl sites for hydroxylation is 2. The van der Waals surface area contributed by atoms with Crippen LogP contribution in [0.2, 0.25) is 0 Å². The van der Waals surface area contributed by atoms with E-state index >= 15 is 0 Å². The van der Waals surface area contributed by atoms with Crippen LogP contribution in [0.25, 0.3) is 22.3 Å². The quantitative estimate of drug-likeness (QED) is 0.500. The van der Waals surface area contributed by atoms with Gasteiger partial charge in [-0.15, -0.1) is 10.2 Å². The fourth-order valence-corrected chi connectivity index (χ4v) is 5.09. The number of rotatable bonds is 3. The molecule has 31 heavy (non-hydrogen) atoms. The van der Waals surface area contributed by atoms with Crippen molar-refractivity contribution in [1.29, 1.82) is 0 Å². The first kappa shape index (κ1) is 18.6. The smallest absolute Gasteiger partial charge is 0.151 e. The number of H-pyrrole nitrogens is 1. The van der Waals surface area contributed by atoms with E-state index in [9.17, 15) is 0 Å². The zero-order chi connectivity index (χ0) is 20.6. The summed E-state index contributed by atoms with van der Waals surface area (Å²) in [5.74, 6) is 2.57. The number of anilines is 1. The number of hydrogen-bond donors (Lipinski definition) is 1. The van der Waals surface area contributed by atoms with Gasteiger partial charge in [-0.05, 0) is 80.0 Å². The Morgan fingerprint density at radius 2 is 1.68 bits per heavy atom. The lowest BCUT2D eigenvalue weighted by molar-refractivity contribution is 0.486. The summed E-state index contributed by atoms with van der Waals surface area (Å²) >= 11 is 0. The second kappa shape index (κ2) is 7.80. The van der Waals surface area contributed by atoms with Crippen LogP contribution in [-0.4, -0.2) is 33.3 Å². The van der Waals surface area contributed by atoms with Crippen molar-refractivity contribution in [2.45, 2.75) is 44.4 Å². The summed E-state index contributed by atoms with van der Waals surface area (Å²) < 4.78 is 0. The van der Waals surface area contributed by atoms with Gasteiger partial charge >= 0.3 is 0 Å². The van der Waals surface area contributed by atoms with E-state index in [4.69, 9.17) is 4.98 Å². The van der Waals surface area contributed by atoms with Crippen LogP contribution in [0.15, 0.2) is 54.6 Å². The highest BCUT2D eigenvalue weighted by Gasteiger charge is 2.24. The first-order valence-electron chi connectivity index (χ1n) is 11.5. The number of para-hydroxylation sites is 2. The van der Waals surface area contributed by atoms with Gasteiger partial charge in [0.05, 0.1) is 16.7 Å². The Balaban J connectivity index is 1.14. The van der Waals surface area contributed by atoms with Gasteiger partial charge in [-0.25, -0.2) is 4.98 Å². The molecule has 156 valence electrons. The summed E-state index contributed by atoms with van der Waals surface area (Å²) in [6, 6.07) is 19.3. The van der Waals surface area contributed by atoms with Crippen LogP contribution in [0.4, 0.5) is 5.82 Å². The third kappa shape index (κ3) is 3.58. The first-order valence-corrected chi connectivity index (χ1v) is 11.5. The molecule has 1 fully saturated rings. The summed E-state index contributed by atoms with van der Waals surface area (Å²) in [6.45, 7) is 1.96. The fourth-order valence-electron chi connectivity index (χ4n) is 5.09. The summed E-state index contributed by atoms with van der Waals surface area (Å²) in [6.07, 6.45) is 7.17. The average molecular weight is 410 g/mol. The van der Waals surface area contributed by atoms with Crippen molar-refractivity contribution in [3.8, 4) is 11.3 Å². The normalized spacial score (nSPS) is 17.1. The van der Waals surface area contributed by atoms with E-state index in [1.165, 1.54) is 42.4 Å². The fraction of sp³-hybridized carbons (Fsp3) is 0.346. The zero-order valence-corrected chi connectivity index (χ0v) is 17.7. The van der Waals surface area contributed by atoms with Crippen molar-refractivity contribution in [2.24, 2.45) is 0 Å². The van der Waals surface area contributed by atoms with E-state index in [2.05, 4.69) is 68.6 Å². The molecule has 0 radical (unpaired) electrons. The van der Waals surface area contributed by atoms with Crippen molar-refractivity contribution < 1.29 is 0 Å². The monoisotopic (exact) mass is 409 g/mol. The van der Waals surface area contributed by atoms with Crippen molar-refractivity contribution in [2.75, 3.05) is 18.0 Å². The number of benzene rings is 2. The molecule has 1 saturated heterocycles. The molecule has 1 aliphatic carbocycles. The Bertz CT molecular complexity index is 1170. The van der Waals surface area contributed by atoms with Crippen molar-refractivity contribution in [3.63, 3.8) is 0 Å². The SMILES string of the molecule is c1ccc2[nH]c(C3CCN(c4ccc(-c5ccc6c(c5)CCCC6)nn4)CC3)nc2c1. The number of imidazole rings is 1. The molecule has 0 unspecified atom stereocenters. The summed E-state index contributed by atoms with van der Waals surface area (Å²) in [4.78, 5) is 10.7. The molecule has 0 saturated carbocycles. The number of hydrogen-bond acceptors (Lipinski definition) is 4. The molecule has 2 aromatic carbocycles. The van der Waals surface area contributed by atoms with Crippen LogP contribution in [-0.2, 0) is 12.8 Å². The highest BCUT2D eigenvalue weighted by molar-refractivity contribution is 5.74. The van der Waals surface area contributed by atoms with Gasteiger partial charge in [-0.3, -0.25) is 0 Å². The van der Waals surface area contributed by atoms with E-state index in [0.29, 0.717) is 5.92 Å². The Morgan fingerprint density at radius 3 is 2.48 bits per heavy atom. The maximum absolute atomic E-state index is 4.81. The van der Waals surface area contributed by atoms with Gasteiger partial charge < -0.3 is 9.88 Å². The molecule has 0 spiro atoms. The van der Waals surface area contributed by atoms with Gasteiger partial charge in [0.2, 0.25) is 0 Å². The lowest BCUT2D eigenvalue weighted by Crippen LogP contribution is -2.33. The molecule has 1 aliphatic heterocycles. The number of nitrogens with zero attached hydrogens (tertiary/aromatic N) is 4. The molecule has 0 bridgehead atoms. The maximum atomic E-state index is 4.81. The van der Waals surface area contributed by atoms with Crippen LogP contribution < -0.4 is 4.90 Å². The molecule has 6 rings (SSSR count). The number of nitrogens with one attached hydrogen (secondary N) is 1. The van der Waals surface area contributed by atoms with Crippen LogP contribution in [0.1, 0.15) is 48.6 Å². The van der Waals surface area contributed by atoms with E-state index < -0.39 is 0 Å². The number of aromatic nitrogens is 4. The van der Waals surface area contributed by atoms with Crippen molar-refractivity contribution in [3.05, 3.63) is 71.5 Å². The number of fused-ring (bicyclic) bond motifs is 2. The van der Waals surface area contributed by atoms with E-state index in [1.54, 1.807) is 0 Å². The zero-order valence-electron chi connectivity index (χ0n) is 17.7. The van der Waals surface area contributed by atoms with Gasteiger partial charge in [-0.2, -0.15) is 0 Å². The van der Waals surface area contributed by atoms with Crippen molar-refractivity contribution >= 4 is 16.9 Å². The molecule has 2 aliphatic rings. The molecular weight excluding hydrogens is 382 g/mol. The van der Waals surface area contributed by atoms with Crippen LogP contribution in [0.3, 0.4) is 0 Å². The number of aromatic amines is 1. The second-order valence-corrected chi connectivity index (χ2v) is 8.87. The minimum atomic E-state index is 0.478.